The summed E-state index contributed by atoms with van der Waals surface area (Å²) in [6, 6.07) is 1.05. The third-order valence-corrected chi connectivity index (χ3v) is 3.98. The Balaban J connectivity index is 2.93. The fourth-order valence-electron chi connectivity index (χ4n) is 1.61. The molecule has 1 rings (SSSR count). The predicted octanol–water partition coefficient (Wildman–Crippen LogP) is 2.30. The summed E-state index contributed by atoms with van der Waals surface area (Å²) in [7, 11) is 1.54. The van der Waals surface area contributed by atoms with E-state index in [-0.39, 0.29) is 5.91 Å². The third-order valence-electron chi connectivity index (χ3n) is 2.84. The first kappa shape index (κ1) is 13.7. The fourth-order valence-corrected chi connectivity index (χ4v) is 2.62. The van der Waals surface area contributed by atoms with Crippen molar-refractivity contribution >= 4 is 23.2 Å². The lowest BCUT2D eigenvalue weighted by Gasteiger charge is -2.23. The van der Waals surface area contributed by atoms with Crippen LogP contribution in [0.25, 0.3) is 0 Å². The smallest absolute Gasteiger partial charge is 0.326 e. The van der Waals surface area contributed by atoms with Gasteiger partial charge in [-0.05, 0) is 31.9 Å². The molecule has 0 bridgehead atoms. The molecule has 0 aliphatic heterocycles. The van der Waals surface area contributed by atoms with Crippen molar-refractivity contribution in [2.24, 2.45) is 0 Å². The minimum atomic E-state index is -0.964. The Hall–Kier alpha value is -1.36. The Labute approximate surface area is 105 Å². The van der Waals surface area contributed by atoms with E-state index >= 15 is 0 Å². The topological polar surface area (TPSA) is 57.6 Å². The van der Waals surface area contributed by atoms with Crippen molar-refractivity contribution in [1.29, 1.82) is 0 Å². The number of aryl methyl sites for hydroxylation is 2. The number of aliphatic carboxylic acids is 1. The first-order valence-electron chi connectivity index (χ1n) is 5.45. The van der Waals surface area contributed by atoms with E-state index in [0.717, 1.165) is 10.4 Å². The molecular formula is C12H17NO3S. The van der Waals surface area contributed by atoms with E-state index in [0.29, 0.717) is 11.3 Å². The SMILES string of the molecule is CCC(C(=O)O)N(C)C(=O)c1cc(C)c(C)s1. The van der Waals surface area contributed by atoms with Gasteiger partial charge in [0.15, 0.2) is 0 Å². The third kappa shape index (κ3) is 2.85. The maximum atomic E-state index is 12.1. The second kappa shape index (κ2) is 5.31. The van der Waals surface area contributed by atoms with Gasteiger partial charge in [-0.3, -0.25) is 4.79 Å². The van der Waals surface area contributed by atoms with Gasteiger partial charge in [0.25, 0.3) is 5.91 Å². The van der Waals surface area contributed by atoms with Crippen molar-refractivity contribution in [2.45, 2.75) is 33.2 Å². The number of hydrogen-bond acceptors (Lipinski definition) is 3. The first-order valence-corrected chi connectivity index (χ1v) is 6.27. The lowest BCUT2D eigenvalue weighted by atomic mass is 10.2. The van der Waals surface area contributed by atoms with Crippen LogP contribution in [0.1, 0.15) is 33.5 Å². The highest BCUT2D eigenvalue weighted by Crippen LogP contribution is 2.22. The number of carbonyl (C=O) groups is 2. The summed E-state index contributed by atoms with van der Waals surface area (Å²) in [6.45, 7) is 5.65. The second-order valence-electron chi connectivity index (χ2n) is 4.03. The lowest BCUT2D eigenvalue weighted by Crippen LogP contribution is -2.41. The van der Waals surface area contributed by atoms with Crippen molar-refractivity contribution in [2.75, 3.05) is 7.05 Å². The van der Waals surface area contributed by atoms with E-state index in [1.807, 2.05) is 19.9 Å². The highest BCUT2D eigenvalue weighted by atomic mass is 32.1. The number of carbonyl (C=O) groups excluding carboxylic acids is 1. The number of rotatable bonds is 4. The Morgan fingerprint density at radius 3 is 2.41 bits per heavy atom. The number of likely N-dealkylation sites (N-methyl/N-ethyl adjacent to an activating group) is 1. The first-order chi connectivity index (χ1) is 7.88. The average Bonchev–Trinajstić information content (AvgIpc) is 2.58. The molecule has 1 heterocycles. The largest absolute Gasteiger partial charge is 0.480 e. The molecule has 17 heavy (non-hydrogen) atoms. The zero-order valence-electron chi connectivity index (χ0n) is 10.5. The van der Waals surface area contributed by atoms with Gasteiger partial charge in [-0.25, -0.2) is 4.79 Å². The van der Waals surface area contributed by atoms with Crippen molar-refractivity contribution in [3.8, 4) is 0 Å². The van der Waals surface area contributed by atoms with Crippen LogP contribution in [0.5, 0.6) is 0 Å². The Kier molecular flexibility index (Phi) is 4.28. The van der Waals surface area contributed by atoms with Gasteiger partial charge in [-0.15, -0.1) is 11.3 Å². The molecule has 0 saturated heterocycles. The van der Waals surface area contributed by atoms with Crippen molar-refractivity contribution in [1.82, 2.24) is 4.90 Å². The summed E-state index contributed by atoms with van der Waals surface area (Å²) < 4.78 is 0. The van der Waals surface area contributed by atoms with Crippen LogP contribution < -0.4 is 0 Å². The van der Waals surface area contributed by atoms with Crippen LogP contribution in [0.4, 0.5) is 0 Å². The van der Waals surface area contributed by atoms with Gasteiger partial charge in [-0.1, -0.05) is 6.92 Å². The Bertz CT molecular complexity index is 419. The van der Waals surface area contributed by atoms with Crippen LogP contribution in [0.2, 0.25) is 0 Å². The van der Waals surface area contributed by atoms with Crippen molar-refractivity contribution in [3.63, 3.8) is 0 Å². The number of carboxylic acid groups (broad SMARTS) is 1. The van der Waals surface area contributed by atoms with Crippen LogP contribution in [0.15, 0.2) is 6.07 Å². The predicted molar refractivity (Wildman–Crippen MR) is 67.6 cm³/mol. The molecule has 1 aromatic rings. The highest BCUT2D eigenvalue weighted by Gasteiger charge is 2.26. The molecule has 0 aromatic carbocycles. The highest BCUT2D eigenvalue weighted by molar-refractivity contribution is 7.14. The minimum Gasteiger partial charge on any atom is -0.480 e. The van der Waals surface area contributed by atoms with E-state index in [4.69, 9.17) is 5.11 Å². The van der Waals surface area contributed by atoms with Gasteiger partial charge >= 0.3 is 5.97 Å². The normalized spacial score (nSPS) is 12.2. The Morgan fingerprint density at radius 1 is 1.47 bits per heavy atom. The summed E-state index contributed by atoms with van der Waals surface area (Å²) in [4.78, 5) is 26.1. The number of amides is 1. The van der Waals surface area contributed by atoms with E-state index in [1.54, 1.807) is 6.92 Å². The van der Waals surface area contributed by atoms with Gasteiger partial charge in [0, 0.05) is 11.9 Å². The molecule has 4 nitrogen and oxygen atoms in total. The molecule has 0 fully saturated rings. The maximum Gasteiger partial charge on any atom is 0.326 e. The van der Waals surface area contributed by atoms with Gasteiger partial charge in [-0.2, -0.15) is 0 Å². The van der Waals surface area contributed by atoms with E-state index < -0.39 is 12.0 Å². The maximum absolute atomic E-state index is 12.1. The van der Waals surface area contributed by atoms with Crippen LogP contribution in [0, 0.1) is 13.8 Å². The van der Waals surface area contributed by atoms with Gasteiger partial charge in [0.1, 0.15) is 6.04 Å². The van der Waals surface area contributed by atoms with Gasteiger partial charge in [0.05, 0.1) is 4.88 Å². The molecule has 1 atom stereocenters. The summed E-state index contributed by atoms with van der Waals surface area (Å²) in [6.07, 6.45) is 0.404. The number of carboxylic acids is 1. The number of thiophene rings is 1. The number of nitrogens with zero attached hydrogens (tertiary/aromatic N) is 1. The summed E-state index contributed by atoms with van der Waals surface area (Å²) in [5.41, 5.74) is 1.06. The van der Waals surface area contributed by atoms with Crippen LogP contribution in [0.3, 0.4) is 0 Å². The van der Waals surface area contributed by atoms with Gasteiger partial charge < -0.3 is 10.0 Å². The molecule has 0 radical (unpaired) electrons. The van der Waals surface area contributed by atoms with Crippen LogP contribution >= 0.6 is 11.3 Å². The zero-order valence-corrected chi connectivity index (χ0v) is 11.3. The second-order valence-corrected chi connectivity index (χ2v) is 5.28. The summed E-state index contributed by atoms with van der Waals surface area (Å²) in [5, 5.41) is 9.01. The lowest BCUT2D eigenvalue weighted by molar-refractivity contribution is -0.142. The molecule has 1 amide bonds. The van der Waals surface area contributed by atoms with Crippen LogP contribution in [-0.2, 0) is 4.79 Å². The molecule has 1 aromatic heterocycles. The molecular weight excluding hydrogens is 238 g/mol. The molecule has 5 heteroatoms. The fraction of sp³-hybridized carbons (Fsp3) is 0.500. The molecule has 0 aliphatic rings. The average molecular weight is 255 g/mol. The summed E-state index contributed by atoms with van der Waals surface area (Å²) >= 11 is 1.41. The van der Waals surface area contributed by atoms with Crippen molar-refractivity contribution < 1.29 is 14.7 Å². The van der Waals surface area contributed by atoms with Crippen LogP contribution in [-0.4, -0.2) is 35.0 Å². The quantitative estimate of drug-likeness (QED) is 0.898. The molecule has 1 N–H and O–H groups in total. The van der Waals surface area contributed by atoms with Gasteiger partial charge in [0.2, 0.25) is 0 Å². The molecule has 0 aliphatic carbocycles. The van der Waals surface area contributed by atoms with E-state index in [1.165, 1.54) is 23.3 Å². The number of hydrogen-bond donors (Lipinski definition) is 1. The van der Waals surface area contributed by atoms with E-state index in [9.17, 15) is 9.59 Å². The monoisotopic (exact) mass is 255 g/mol. The van der Waals surface area contributed by atoms with Crippen molar-refractivity contribution in [3.05, 3.63) is 21.4 Å². The van der Waals surface area contributed by atoms with E-state index in [2.05, 4.69) is 0 Å². The summed E-state index contributed by atoms with van der Waals surface area (Å²) in [5.74, 6) is -1.19. The minimum absolute atomic E-state index is 0.222. The standard InChI is InChI=1S/C12H17NO3S/c1-5-9(12(15)16)13(4)11(14)10-6-7(2)8(3)17-10/h6,9H,5H2,1-4H3,(H,15,16). The molecule has 0 saturated carbocycles. The Morgan fingerprint density at radius 2 is 2.06 bits per heavy atom. The zero-order chi connectivity index (χ0) is 13.2. The molecule has 0 spiro atoms. The molecule has 1 unspecified atom stereocenters. The molecule has 94 valence electrons.